The summed E-state index contributed by atoms with van der Waals surface area (Å²) in [5.74, 6) is -2.38. The van der Waals surface area contributed by atoms with E-state index in [4.69, 9.17) is 0 Å². The van der Waals surface area contributed by atoms with E-state index in [2.05, 4.69) is 31.6 Å². The Morgan fingerprint density at radius 1 is 0.957 bits per heavy atom. The van der Waals surface area contributed by atoms with Crippen molar-refractivity contribution in [2.45, 2.75) is 71.2 Å². The molecule has 2 aliphatic heterocycles. The maximum Gasteiger partial charge on any atom is 0.256 e. The van der Waals surface area contributed by atoms with Crippen LogP contribution in [-0.2, 0) is 24.0 Å². The molecule has 2 aliphatic rings. The van der Waals surface area contributed by atoms with Crippen LogP contribution in [0.15, 0.2) is 18.5 Å². The molecule has 47 heavy (non-hydrogen) atoms. The van der Waals surface area contributed by atoms with Gasteiger partial charge in [0.15, 0.2) is 0 Å². The van der Waals surface area contributed by atoms with Gasteiger partial charge < -0.3 is 46.1 Å². The SMILES string of the molecule is CNC(C)C(=O)NCC(=O)N1CC(NC(=O)c2cncc(C(=O)N3CCN(C(=O)C(NC(=O)[C@H](C)NC)C(C)(C)C)C3)c2)CC1C=O. The molecule has 5 N–H and O–H groups in total. The van der Waals surface area contributed by atoms with Crippen molar-refractivity contribution in [1.82, 2.24) is 46.3 Å². The minimum atomic E-state index is -0.809. The molecule has 16 nitrogen and oxygen atoms in total. The van der Waals surface area contributed by atoms with E-state index in [9.17, 15) is 33.6 Å². The molecule has 2 fully saturated rings. The molecule has 4 unspecified atom stereocenters. The summed E-state index contributed by atoms with van der Waals surface area (Å²) in [6, 6.07) is -1.70. The second-order valence-corrected chi connectivity index (χ2v) is 13.0. The number of likely N-dealkylation sites (tertiary alicyclic amines) is 1. The molecule has 0 radical (unpaired) electrons. The number of nitrogens with one attached hydrogen (secondary N) is 5. The Morgan fingerprint density at radius 2 is 1.57 bits per heavy atom. The summed E-state index contributed by atoms with van der Waals surface area (Å²) in [6.45, 7) is 9.22. The first kappa shape index (κ1) is 37.0. The van der Waals surface area contributed by atoms with E-state index in [1.54, 1.807) is 27.9 Å². The second kappa shape index (κ2) is 15.9. The van der Waals surface area contributed by atoms with Gasteiger partial charge in [-0.1, -0.05) is 20.8 Å². The number of nitrogens with zero attached hydrogens (tertiary/aromatic N) is 4. The Hall–Kier alpha value is -4.44. The normalized spacial score (nSPS) is 19.9. The first-order valence-corrected chi connectivity index (χ1v) is 15.6. The number of aromatic nitrogens is 1. The van der Waals surface area contributed by atoms with Gasteiger partial charge in [-0.25, -0.2) is 0 Å². The monoisotopic (exact) mass is 657 g/mol. The molecule has 3 heterocycles. The molecule has 1 aromatic rings. The summed E-state index contributed by atoms with van der Waals surface area (Å²) >= 11 is 0. The average molecular weight is 658 g/mol. The highest BCUT2D eigenvalue weighted by Gasteiger charge is 2.40. The van der Waals surface area contributed by atoms with E-state index < -0.39 is 53.3 Å². The van der Waals surface area contributed by atoms with Gasteiger partial charge in [-0.2, -0.15) is 0 Å². The molecule has 0 aliphatic carbocycles. The van der Waals surface area contributed by atoms with Crippen LogP contribution < -0.4 is 26.6 Å². The third-order valence-corrected chi connectivity index (χ3v) is 8.45. The van der Waals surface area contributed by atoms with E-state index in [1.165, 1.54) is 33.2 Å². The number of carbonyl (C=O) groups excluding carboxylic acids is 7. The summed E-state index contributed by atoms with van der Waals surface area (Å²) in [7, 11) is 3.27. The van der Waals surface area contributed by atoms with Gasteiger partial charge in [0.25, 0.3) is 11.8 Å². The van der Waals surface area contributed by atoms with E-state index in [0.717, 1.165) is 0 Å². The van der Waals surface area contributed by atoms with Gasteiger partial charge >= 0.3 is 0 Å². The smallest absolute Gasteiger partial charge is 0.256 e. The number of hydrogen-bond acceptors (Lipinski definition) is 10. The number of likely N-dealkylation sites (N-methyl/N-ethyl adjacent to an activating group) is 2. The topological polar surface area (TPSA) is 202 Å². The Bertz CT molecular complexity index is 1360. The number of rotatable bonds is 12. The fraction of sp³-hybridized carbons (Fsp3) is 0.613. The zero-order valence-corrected chi connectivity index (χ0v) is 28.1. The van der Waals surface area contributed by atoms with Crippen molar-refractivity contribution in [3.63, 3.8) is 0 Å². The fourth-order valence-corrected chi connectivity index (χ4v) is 5.23. The van der Waals surface area contributed by atoms with Crippen molar-refractivity contribution in [2.24, 2.45) is 5.41 Å². The molecule has 16 heteroatoms. The predicted octanol–water partition coefficient (Wildman–Crippen LogP) is -1.92. The lowest BCUT2D eigenvalue weighted by Gasteiger charge is -2.34. The van der Waals surface area contributed by atoms with Crippen LogP contribution in [0, 0.1) is 5.41 Å². The van der Waals surface area contributed by atoms with E-state index in [0.29, 0.717) is 6.29 Å². The third kappa shape index (κ3) is 9.32. The van der Waals surface area contributed by atoms with Gasteiger partial charge in [-0.15, -0.1) is 0 Å². The van der Waals surface area contributed by atoms with Crippen molar-refractivity contribution in [3.05, 3.63) is 29.6 Å². The minimum absolute atomic E-state index is 0.00542. The molecule has 3 rings (SSSR count). The number of hydrogen-bond donors (Lipinski definition) is 5. The average Bonchev–Trinajstić information content (AvgIpc) is 3.71. The lowest BCUT2D eigenvalue weighted by Crippen LogP contribution is -2.57. The lowest BCUT2D eigenvalue weighted by molar-refractivity contribution is -0.139. The summed E-state index contributed by atoms with van der Waals surface area (Å²) in [4.78, 5) is 97.4. The van der Waals surface area contributed by atoms with Crippen molar-refractivity contribution in [3.8, 4) is 0 Å². The van der Waals surface area contributed by atoms with E-state index in [1.807, 2.05) is 20.8 Å². The van der Waals surface area contributed by atoms with E-state index >= 15 is 0 Å². The highest BCUT2D eigenvalue weighted by atomic mass is 16.2. The zero-order chi connectivity index (χ0) is 35.1. The Balaban J connectivity index is 1.62. The van der Waals surface area contributed by atoms with Crippen molar-refractivity contribution >= 4 is 41.7 Å². The summed E-state index contributed by atoms with van der Waals surface area (Å²) in [5, 5.41) is 13.8. The summed E-state index contributed by atoms with van der Waals surface area (Å²) < 4.78 is 0. The van der Waals surface area contributed by atoms with Crippen LogP contribution in [0.25, 0.3) is 0 Å². The van der Waals surface area contributed by atoms with Crippen LogP contribution in [0.1, 0.15) is 61.8 Å². The van der Waals surface area contributed by atoms with Crippen LogP contribution in [-0.4, -0.2) is 139 Å². The molecule has 2 saturated heterocycles. The fourth-order valence-electron chi connectivity index (χ4n) is 5.23. The molecule has 6 amide bonds. The second-order valence-electron chi connectivity index (χ2n) is 13.0. The highest BCUT2D eigenvalue weighted by Crippen LogP contribution is 2.23. The number of amides is 6. The molecule has 0 bridgehead atoms. The lowest BCUT2D eigenvalue weighted by atomic mass is 9.85. The standard InChI is InChI=1S/C31H47N9O7/c1-18(32-6)26(43)35-14-24(42)40-15-22(11-23(40)16-41)36-28(45)20-10-21(13-34-12-20)29(46)38-8-9-39(17-38)30(47)25(31(3,4)5)37-27(44)19(2)33-7/h10,12-13,16,18-19,22-23,25,32-33H,8-9,11,14-15,17H2,1-7H3,(H,35,43)(H,36,45)(H,37,44)/t18?,19-,22?,23?,25?/m0/s1. The number of aldehydes is 1. The van der Waals surface area contributed by atoms with Gasteiger partial charge in [0.2, 0.25) is 23.6 Å². The molecular formula is C31H47N9O7. The summed E-state index contributed by atoms with van der Waals surface area (Å²) in [5.41, 5.74) is -0.325. The molecular weight excluding hydrogens is 610 g/mol. The molecule has 1 aromatic heterocycles. The van der Waals surface area contributed by atoms with Crippen molar-refractivity contribution in [2.75, 3.05) is 46.9 Å². The maximum absolute atomic E-state index is 13.5. The molecule has 0 aromatic carbocycles. The predicted molar refractivity (Wildman–Crippen MR) is 171 cm³/mol. The first-order valence-electron chi connectivity index (χ1n) is 15.6. The molecule has 5 atom stereocenters. The van der Waals surface area contributed by atoms with Gasteiger partial charge in [-0.05, 0) is 45.8 Å². The van der Waals surface area contributed by atoms with Crippen molar-refractivity contribution in [1.29, 1.82) is 0 Å². The Morgan fingerprint density at radius 3 is 2.19 bits per heavy atom. The molecule has 258 valence electrons. The minimum Gasteiger partial charge on any atom is -0.347 e. The van der Waals surface area contributed by atoms with Crippen LogP contribution in [0.4, 0.5) is 0 Å². The number of pyridine rings is 1. The van der Waals surface area contributed by atoms with Crippen LogP contribution in [0.5, 0.6) is 0 Å². The van der Waals surface area contributed by atoms with Crippen molar-refractivity contribution < 1.29 is 33.6 Å². The Kier molecular flexibility index (Phi) is 12.5. The number of carbonyl (C=O) groups is 7. The maximum atomic E-state index is 13.5. The molecule has 0 saturated carbocycles. The Labute approximate surface area is 274 Å². The largest absolute Gasteiger partial charge is 0.347 e. The van der Waals surface area contributed by atoms with Crippen LogP contribution in [0.3, 0.4) is 0 Å². The molecule has 0 spiro atoms. The van der Waals surface area contributed by atoms with Crippen LogP contribution >= 0.6 is 0 Å². The third-order valence-electron chi connectivity index (χ3n) is 8.45. The zero-order valence-electron chi connectivity index (χ0n) is 28.1. The van der Waals surface area contributed by atoms with Gasteiger partial charge in [0.05, 0.1) is 42.5 Å². The van der Waals surface area contributed by atoms with Gasteiger partial charge in [-0.3, -0.25) is 33.8 Å². The summed E-state index contributed by atoms with van der Waals surface area (Å²) in [6.07, 6.45) is 3.47. The van der Waals surface area contributed by atoms with E-state index in [-0.39, 0.29) is 68.1 Å². The highest BCUT2D eigenvalue weighted by molar-refractivity contribution is 6.00. The quantitative estimate of drug-likeness (QED) is 0.158. The van der Waals surface area contributed by atoms with Gasteiger partial charge in [0, 0.05) is 38.1 Å². The van der Waals surface area contributed by atoms with Gasteiger partial charge in [0.1, 0.15) is 12.3 Å². The first-order chi connectivity index (χ1) is 22.1. The van der Waals surface area contributed by atoms with Crippen LogP contribution in [0.2, 0.25) is 0 Å².